The van der Waals surface area contributed by atoms with Gasteiger partial charge in [0.05, 0.1) is 10.6 Å². The monoisotopic (exact) mass is 348 g/mol. The van der Waals surface area contributed by atoms with Gasteiger partial charge >= 0.3 is 5.69 Å². The molecule has 0 fully saturated rings. The first-order chi connectivity index (χ1) is 11.7. The van der Waals surface area contributed by atoms with Gasteiger partial charge in [-0.3, -0.25) is 24.3 Å². The molecular formula is C16H24N6O3. The van der Waals surface area contributed by atoms with Crippen LogP contribution in [0.4, 0.5) is 5.69 Å². The summed E-state index contributed by atoms with van der Waals surface area (Å²) in [6, 6.07) is -0.626. The first kappa shape index (κ1) is 18.6. The van der Waals surface area contributed by atoms with E-state index in [0.717, 1.165) is 23.5 Å². The van der Waals surface area contributed by atoms with Crippen LogP contribution in [-0.4, -0.2) is 42.3 Å². The highest BCUT2D eigenvalue weighted by atomic mass is 16.6. The maximum absolute atomic E-state index is 12.7. The molecule has 0 spiro atoms. The Morgan fingerprint density at radius 1 is 1.32 bits per heavy atom. The summed E-state index contributed by atoms with van der Waals surface area (Å²) in [7, 11) is 1.71. The molecule has 2 aromatic heterocycles. The van der Waals surface area contributed by atoms with Crippen molar-refractivity contribution in [3.05, 3.63) is 39.0 Å². The first-order valence-electron chi connectivity index (χ1n) is 8.15. The Hall–Kier alpha value is -2.71. The minimum atomic E-state index is -0.626. The van der Waals surface area contributed by atoms with Crippen molar-refractivity contribution in [3.63, 3.8) is 0 Å². The zero-order chi connectivity index (χ0) is 18.9. The zero-order valence-corrected chi connectivity index (χ0v) is 15.5. The summed E-state index contributed by atoms with van der Waals surface area (Å²) in [6.07, 6.45) is 1.30. The molecule has 0 aliphatic rings. The van der Waals surface area contributed by atoms with Crippen molar-refractivity contribution in [2.24, 2.45) is 0 Å². The van der Waals surface area contributed by atoms with Gasteiger partial charge in [0, 0.05) is 31.4 Å². The van der Waals surface area contributed by atoms with E-state index in [-0.39, 0.29) is 11.6 Å². The van der Waals surface area contributed by atoms with Crippen LogP contribution < -0.4 is 0 Å². The second kappa shape index (κ2) is 7.04. The van der Waals surface area contributed by atoms with E-state index in [2.05, 4.69) is 10.2 Å². The summed E-state index contributed by atoms with van der Waals surface area (Å²) >= 11 is 0. The predicted octanol–water partition coefficient (Wildman–Crippen LogP) is 2.15. The molecule has 1 unspecified atom stereocenters. The number of likely N-dealkylation sites (N-methyl/N-ethyl adjacent to an activating group) is 1. The van der Waals surface area contributed by atoms with Gasteiger partial charge in [0.25, 0.3) is 0 Å². The Balaban J connectivity index is 2.18. The molecule has 1 amide bonds. The Morgan fingerprint density at radius 2 is 1.96 bits per heavy atom. The normalized spacial score (nSPS) is 12.2. The van der Waals surface area contributed by atoms with Crippen LogP contribution in [0, 0.1) is 30.9 Å². The Labute approximate surface area is 146 Å². The molecule has 0 radical (unpaired) electrons. The van der Waals surface area contributed by atoms with Gasteiger partial charge in [0.1, 0.15) is 17.9 Å². The zero-order valence-electron chi connectivity index (χ0n) is 15.5. The average molecular weight is 348 g/mol. The topological polar surface area (TPSA) is 99.1 Å². The van der Waals surface area contributed by atoms with Gasteiger partial charge in [-0.05, 0) is 34.6 Å². The van der Waals surface area contributed by atoms with Gasteiger partial charge < -0.3 is 4.90 Å². The lowest BCUT2D eigenvalue weighted by atomic mass is 10.1. The van der Waals surface area contributed by atoms with E-state index in [0.29, 0.717) is 12.2 Å². The van der Waals surface area contributed by atoms with Crippen molar-refractivity contribution in [3.8, 4) is 0 Å². The minimum absolute atomic E-state index is 0.0850. The lowest BCUT2D eigenvalue weighted by Gasteiger charge is -2.21. The van der Waals surface area contributed by atoms with Gasteiger partial charge in [-0.1, -0.05) is 0 Å². The smallest absolute Gasteiger partial charge is 0.309 e. The maximum atomic E-state index is 12.7. The molecule has 0 aliphatic heterocycles. The number of nitro groups is 1. The average Bonchev–Trinajstić information content (AvgIpc) is 3.08. The van der Waals surface area contributed by atoms with Crippen LogP contribution in [-0.2, 0) is 17.9 Å². The van der Waals surface area contributed by atoms with Crippen LogP contribution in [0.2, 0.25) is 0 Å². The molecule has 136 valence electrons. The molecule has 9 nitrogen and oxygen atoms in total. The number of nitrogens with zero attached hydrogens (tertiary/aromatic N) is 6. The molecule has 25 heavy (non-hydrogen) atoms. The molecular weight excluding hydrogens is 324 g/mol. The Kier molecular flexibility index (Phi) is 5.24. The quantitative estimate of drug-likeness (QED) is 0.588. The summed E-state index contributed by atoms with van der Waals surface area (Å²) in [5, 5.41) is 19.5. The van der Waals surface area contributed by atoms with Gasteiger partial charge in [-0.25, -0.2) is 0 Å². The fraction of sp³-hybridized carbons (Fsp3) is 0.562. The number of aryl methyl sites for hydroxylation is 3. The SMILES string of the molecule is CCn1nc(C)c(CN(C)C(=O)C(C)n2cc([N+](=O)[O-])c(C)n2)c1C. The third-order valence-corrected chi connectivity index (χ3v) is 4.44. The van der Waals surface area contributed by atoms with Gasteiger partial charge in [-0.2, -0.15) is 10.2 Å². The molecule has 0 aliphatic carbocycles. The molecule has 0 N–H and O–H groups in total. The molecule has 1 atom stereocenters. The minimum Gasteiger partial charge on any atom is -0.339 e. The van der Waals surface area contributed by atoms with Crippen LogP contribution in [0.15, 0.2) is 6.20 Å². The number of hydrogen-bond acceptors (Lipinski definition) is 5. The lowest BCUT2D eigenvalue weighted by Crippen LogP contribution is -2.33. The summed E-state index contributed by atoms with van der Waals surface area (Å²) in [5.41, 5.74) is 3.17. The number of rotatable bonds is 6. The highest BCUT2D eigenvalue weighted by Gasteiger charge is 2.25. The highest BCUT2D eigenvalue weighted by Crippen LogP contribution is 2.21. The largest absolute Gasteiger partial charge is 0.339 e. The molecule has 2 heterocycles. The van der Waals surface area contributed by atoms with E-state index in [9.17, 15) is 14.9 Å². The third kappa shape index (κ3) is 3.54. The molecule has 0 saturated carbocycles. The van der Waals surface area contributed by atoms with E-state index in [1.807, 2.05) is 25.5 Å². The maximum Gasteiger partial charge on any atom is 0.309 e. The molecule has 0 aromatic carbocycles. The van der Waals surface area contributed by atoms with Crippen molar-refractivity contribution in [1.29, 1.82) is 0 Å². The Bertz CT molecular complexity index is 807. The first-order valence-corrected chi connectivity index (χ1v) is 8.15. The number of carbonyl (C=O) groups excluding carboxylic acids is 1. The lowest BCUT2D eigenvalue weighted by molar-refractivity contribution is -0.385. The highest BCUT2D eigenvalue weighted by molar-refractivity contribution is 5.79. The summed E-state index contributed by atoms with van der Waals surface area (Å²) in [5.74, 6) is -0.166. The molecule has 0 saturated heterocycles. The molecule has 9 heteroatoms. The van der Waals surface area contributed by atoms with E-state index >= 15 is 0 Å². The van der Waals surface area contributed by atoms with Crippen LogP contribution in [0.5, 0.6) is 0 Å². The fourth-order valence-corrected chi connectivity index (χ4v) is 2.87. The summed E-state index contributed by atoms with van der Waals surface area (Å²) in [4.78, 5) is 24.8. The third-order valence-electron chi connectivity index (χ3n) is 4.44. The van der Waals surface area contributed by atoms with Crippen molar-refractivity contribution in [2.75, 3.05) is 7.05 Å². The van der Waals surface area contributed by atoms with Crippen molar-refractivity contribution in [1.82, 2.24) is 24.5 Å². The predicted molar refractivity (Wildman–Crippen MR) is 92.2 cm³/mol. The van der Waals surface area contributed by atoms with Crippen molar-refractivity contribution < 1.29 is 9.72 Å². The second-order valence-corrected chi connectivity index (χ2v) is 6.17. The van der Waals surface area contributed by atoms with Crippen molar-refractivity contribution in [2.45, 2.75) is 53.8 Å². The van der Waals surface area contributed by atoms with Gasteiger partial charge in [0.15, 0.2) is 0 Å². The molecule has 0 bridgehead atoms. The summed E-state index contributed by atoms with van der Waals surface area (Å²) in [6.45, 7) is 10.4. The number of aromatic nitrogens is 4. The van der Waals surface area contributed by atoms with Crippen LogP contribution in [0.3, 0.4) is 0 Å². The number of amides is 1. The van der Waals surface area contributed by atoms with Crippen LogP contribution in [0.25, 0.3) is 0 Å². The second-order valence-electron chi connectivity index (χ2n) is 6.17. The van der Waals surface area contributed by atoms with E-state index in [1.165, 1.54) is 10.9 Å². The number of hydrogen-bond donors (Lipinski definition) is 0. The summed E-state index contributed by atoms with van der Waals surface area (Å²) < 4.78 is 3.26. The number of carbonyl (C=O) groups is 1. The fourth-order valence-electron chi connectivity index (χ4n) is 2.87. The van der Waals surface area contributed by atoms with E-state index in [1.54, 1.807) is 25.8 Å². The van der Waals surface area contributed by atoms with Crippen LogP contribution >= 0.6 is 0 Å². The van der Waals surface area contributed by atoms with Crippen molar-refractivity contribution >= 4 is 11.6 Å². The molecule has 2 aromatic rings. The molecule has 2 rings (SSSR count). The van der Waals surface area contributed by atoms with E-state index < -0.39 is 11.0 Å². The van der Waals surface area contributed by atoms with Gasteiger partial charge in [0.2, 0.25) is 5.91 Å². The van der Waals surface area contributed by atoms with Gasteiger partial charge in [-0.15, -0.1) is 0 Å². The van der Waals surface area contributed by atoms with E-state index in [4.69, 9.17) is 0 Å². The standard InChI is InChI=1S/C16H24N6O3/c1-7-20-12(4)14(10(2)17-20)8-19(6)16(23)13(5)21-9-15(22(24)25)11(3)18-21/h9,13H,7-8H2,1-6H3. The Morgan fingerprint density at radius 3 is 2.44 bits per heavy atom. The van der Waals surface area contributed by atoms with Crippen LogP contribution in [0.1, 0.15) is 42.5 Å².